The third kappa shape index (κ3) is 2.52. The summed E-state index contributed by atoms with van der Waals surface area (Å²) in [6.45, 7) is 0. The van der Waals surface area contributed by atoms with Crippen LogP contribution in [0.25, 0.3) is 27.6 Å². The number of hydrogen-bond donors (Lipinski definition) is 1. The number of anilines is 1. The molecule has 3 aromatic heterocycles. The Labute approximate surface area is 142 Å². The Morgan fingerprint density at radius 1 is 1.08 bits per heavy atom. The quantitative estimate of drug-likeness (QED) is 0.617. The van der Waals surface area contributed by atoms with Gasteiger partial charge in [-0.15, -0.1) is 16.4 Å². The molecule has 0 amide bonds. The van der Waals surface area contributed by atoms with Gasteiger partial charge in [-0.25, -0.2) is 9.97 Å². The van der Waals surface area contributed by atoms with Crippen molar-refractivity contribution in [1.82, 2.24) is 30.2 Å². The van der Waals surface area contributed by atoms with E-state index in [-0.39, 0.29) is 0 Å². The summed E-state index contributed by atoms with van der Waals surface area (Å²) in [5, 5.41) is 17.1. The zero-order valence-electron chi connectivity index (χ0n) is 12.8. The molecule has 3 heterocycles. The van der Waals surface area contributed by atoms with Crippen LogP contribution in [0.2, 0.25) is 0 Å². The van der Waals surface area contributed by atoms with Gasteiger partial charge in [0, 0.05) is 13.2 Å². The van der Waals surface area contributed by atoms with Crippen molar-refractivity contribution in [1.29, 1.82) is 0 Å². The summed E-state index contributed by atoms with van der Waals surface area (Å²) >= 11 is 1.61. The van der Waals surface area contributed by atoms with Gasteiger partial charge in [-0.2, -0.15) is 4.68 Å². The average Bonchev–Trinajstić information content (AvgIpc) is 3.33. The fraction of sp³-hybridized carbons (Fsp3) is 0.0625. The first kappa shape index (κ1) is 14.5. The number of benzene rings is 1. The minimum atomic E-state index is 0.556. The largest absolute Gasteiger partial charge is 0.357 e. The molecule has 8 heteroatoms. The number of nitrogens with zero attached hydrogens (tertiary/aromatic N) is 6. The lowest BCUT2D eigenvalue weighted by molar-refractivity contribution is 0.791. The Morgan fingerprint density at radius 2 is 1.96 bits per heavy atom. The number of aromatic nitrogens is 6. The Morgan fingerprint density at radius 3 is 2.71 bits per heavy atom. The SMILES string of the molecule is CNc1ncc(-c2nnnn2-c2ccccc2)c(-c2cccs2)n1. The van der Waals surface area contributed by atoms with Crippen molar-refractivity contribution >= 4 is 17.3 Å². The van der Waals surface area contributed by atoms with Crippen LogP contribution in [0.15, 0.2) is 54.0 Å². The highest BCUT2D eigenvalue weighted by Crippen LogP contribution is 2.32. The zero-order chi connectivity index (χ0) is 16.4. The van der Waals surface area contributed by atoms with Gasteiger partial charge in [0.1, 0.15) is 0 Å². The van der Waals surface area contributed by atoms with Crippen molar-refractivity contribution < 1.29 is 0 Å². The summed E-state index contributed by atoms with van der Waals surface area (Å²) in [5.74, 6) is 1.16. The molecule has 0 aliphatic heterocycles. The Hall–Kier alpha value is -3.13. The Kier molecular flexibility index (Phi) is 3.72. The van der Waals surface area contributed by atoms with Gasteiger partial charge < -0.3 is 5.32 Å². The van der Waals surface area contributed by atoms with Crippen molar-refractivity contribution in [2.24, 2.45) is 0 Å². The lowest BCUT2D eigenvalue weighted by Crippen LogP contribution is -2.03. The van der Waals surface area contributed by atoms with Gasteiger partial charge in [-0.1, -0.05) is 24.3 Å². The second-order valence-electron chi connectivity index (χ2n) is 4.93. The highest BCUT2D eigenvalue weighted by Gasteiger charge is 2.18. The molecule has 0 saturated heterocycles. The molecule has 118 valence electrons. The molecule has 0 aliphatic rings. The first-order valence-corrected chi connectivity index (χ1v) is 8.17. The number of hydrogen-bond acceptors (Lipinski definition) is 7. The Balaban J connectivity index is 1.91. The molecular formula is C16H13N7S. The Bertz CT molecular complexity index is 948. The van der Waals surface area contributed by atoms with Crippen LogP contribution in [-0.2, 0) is 0 Å². The van der Waals surface area contributed by atoms with Crippen molar-refractivity contribution in [2.45, 2.75) is 0 Å². The van der Waals surface area contributed by atoms with Crippen molar-refractivity contribution in [3.8, 4) is 27.6 Å². The van der Waals surface area contributed by atoms with E-state index >= 15 is 0 Å². The molecule has 1 N–H and O–H groups in total. The number of thiophene rings is 1. The van der Waals surface area contributed by atoms with Gasteiger partial charge in [0.05, 0.1) is 21.8 Å². The summed E-state index contributed by atoms with van der Waals surface area (Å²) in [6, 6.07) is 13.8. The van der Waals surface area contributed by atoms with Gasteiger partial charge in [-0.3, -0.25) is 0 Å². The second-order valence-corrected chi connectivity index (χ2v) is 5.88. The third-order valence-corrected chi connectivity index (χ3v) is 4.35. The number of nitrogens with one attached hydrogen (secondary N) is 1. The zero-order valence-corrected chi connectivity index (χ0v) is 13.6. The molecule has 0 aliphatic carbocycles. The summed E-state index contributed by atoms with van der Waals surface area (Å²) in [7, 11) is 1.79. The van der Waals surface area contributed by atoms with Gasteiger partial charge in [0.25, 0.3) is 0 Å². The van der Waals surface area contributed by atoms with Crippen LogP contribution >= 0.6 is 11.3 Å². The van der Waals surface area contributed by atoms with Gasteiger partial charge in [-0.05, 0) is 34.0 Å². The molecule has 24 heavy (non-hydrogen) atoms. The standard InChI is InChI=1S/C16H13N7S/c1-17-16-18-10-12(14(19-16)13-8-5-9-24-13)15-20-21-22-23(15)11-6-3-2-4-7-11/h2-10H,1H3,(H,17,18,19). The van der Waals surface area contributed by atoms with Crippen LogP contribution in [0.3, 0.4) is 0 Å². The maximum Gasteiger partial charge on any atom is 0.223 e. The molecule has 0 spiro atoms. The maximum atomic E-state index is 4.60. The first-order chi connectivity index (χ1) is 11.9. The van der Waals surface area contributed by atoms with E-state index in [1.54, 1.807) is 29.3 Å². The predicted octanol–water partition coefficient (Wildman–Crippen LogP) is 2.89. The van der Waals surface area contributed by atoms with Gasteiger partial charge in [0.15, 0.2) is 5.82 Å². The first-order valence-electron chi connectivity index (χ1n) is 7.29. The van der Waals surface area contributed by atoms with Crippen molar-refractivity contribution in [2.75, 3.05) is 12.4 Å². The van der Waals surface area contributed by atoms with Crippen LogP contribution in [0.5, 0.6) is 0 Å². The molecule has 0 atom stereocenters. The third-order valence-electron chi connectivity index (χ3n) is 3.48. The number of rotatable bonds is 4. The topological polar surface area (TPSA) is 81.4 Å². The van der Waals surface area contributed by atoms with E-state index < -0.39 is 0 Å². The number of tetrazole rings is 1. The summed E-state index contributed by atoms with van der Waals surface area (Å²) in [5.41, 5.74) is 2.47. The van der Waals surface area contributed by atoms with Crippen LogP contribution in [0.4, 0.5) is 5.95 Å². The molecule has 4 aromatic rings. The summed E-state index contributed by atoms with van der Waals surface area (Å²) < 4.78 is 1.69. The fourth-order valence-electron chi connectivity index (χ4n) is 2.37. The highest BCUT2D eigenvalue weighted by molar-refractivity contribution is 7.13. The molecule has 0 fully saturated rings. The molecule has 0 radical (unpaired) electrons. The van der Waals surface area contributed by atoms with E-state index in [1.165, 1.54) is 0 Å². The van der Waals surface area contributed by atoms with Gasteiger partial charge >= 0.3 is 0 Å². The van der Waals surface area contributed by atoms with E-state index in [1.807, 2.05) is 47.8 Å². The summed E-state index contributed by atoms with van der Waals surface area (Å²) in [4.78, 5) is 9.97. The molecule has 1 aromatic carbocycles. The van der Waals surface area contributed by atoms with Crippen LogP contribution in [0, 0.1) is 0 Å². The normalized spacial score (nSPS) is 10.7. The molecule has 0 bridgehead atoms. The lowest BCUT2D eigenvalue weighted by Gasteiger charge is -2.09. The van der Waals surface area contributed by atoms with Crippen molar-refractivity contribution in [3.05, 3.63) is 54.0 Å². The molecule has 0 unspecified atom stereocenters. The minimum Gasteiger partial charge on any atom is -0.357 e. The number of para-hydroxylation sites is 1. The predicted molar refractivity (Wildman–Crippen MR) is 93.0 cm³/mol. The van der Waals surface area contributed by atoms with E-state index in [9.17, 15) is 0 Å². The van der Waals surface area contributed by atoms with Gasteiger partial charge in [0.2, 0.25) is 5.95 Å². The van der Waals surface area contributed by atoms with Crippen molar-refractivity contribution in [3.63, 3.8) is 0 Å². The van der Waals surface area contributed by atoms with E-state index in [4.69, 9.17) is 0 Å². The molecule has 0 saturated carbocycles. The van der Waals surface area contributed by atoms with E-state index in [0.29, 0.717) is 11.8 Å². The second kappa shape index (κ2) is 6.17. The van der Waals surface area contributed by atoms with Crippen LogP contribution in [0.1, 0.15) is 0 Å². The lowest BCUT2D eigenvalue weighted by atomic mass is 10.2. The van der Waals surface area contributed by atoms with E-state index in [0.717, 1.165) is 21.8 Å². The smallest absolute Gasteiger partial charge is 0.223 e. The fourth-order valence-corrected chi connectivity index (χ4v) is 3.09. The van der Waals surface area contributed by atoms with Crippen LogP contribution < -0.4 is 5.32 Å². The maximum absolute atomic E-state index is 4.60. The minimum absolute atomic E-state index is 0.556. The summed E-state index contributed by atoms with van der Waals surface area (Å²) in [6.07, 6.45) is 1.75. The van der Waals surface area contributed by atoms with E-state index in [2.05, 4.69) is 30.8 Å². The molecular weight excluding hydrogens is 322 g/mol. The highest BCUT2D eigenvalue weighted by atomic mass is 32.1. The molecule has 7 nitrogen and oxygen atoms in total. The van der Waals surface area contributed by atoms with Crippen LogP contribution in [-0.4, -0.2) is 37.2 Å². The average molecular weight is 335 g/mol. The monoisotopic (exact) mass is 335 g/mol. The molecule has 4 rings (SSSR count).